The van der Waals surface area contributed by atoms with Crippen LogP contribution in [0.5, 0.6) is 0 Å². The number of hydrogen-bond donors (Lipinski definition) is 1. The topological polar surface area (TPSA) is 49.8 Å². The Morgan fingerprint density at radius 1 is 1.73 bits per heavy atom. The first kappa shape index (κ1) is 8.49. The Morgan fingerprint density at radius 2 is 2.36 bits per heavy atom. The van der Waals surface area contributed by atoms with Crippen LogP contribution in [0.4, 0.5) is 0 Å². The van der Waals surface area contributed by atoms with Crippen molar-refractivity contribution < 1.29 is 14.6 Å². The van der Waals surface area contributed by atoms with E-state index in [1.807, 2.05) is 18.9 Å². The predicted octanol–water partition coefficient (Wildman–Crippen LogP) is -0.210. The van der Waals surface area contributed by atoms with Gasteiger partial charge in [-0.3, -0.25) is 4.90 Å². The van der Waals surface area contributed by atoms with Gasteiger partial charge in [-0.25, -0.2) is 4.79 Å². The van der Waals surface area contributed by atoms with Gasteiger partial charge < -0.3 is 9.84 Å². The summed E-state index contributed by atoms with van der Waals surface area (Å²) in [4.78, 5) is 12.4. The Hall–Kier alpha value is -0.610. The third-order valence-electron chi connectivity index (χ3n) is 2.02. The first-order valence-electron chi connectivity index (χ1n) is 3.66. The predicted molar refractivity (Wildman–Crippen MR) is 39.5 cm³/mol. The van der Waals surface area contributed by atoms with E-state index in [9.17, 15) is 4.79 Å². The molecule has 1 rings (SSSR count). The highest BCUT2D eigenvalue weighted by Gasteiger charge is 2.27. The molecule has 1 saturated heterocycles. The zero-order chi connectivity index (χ0) is 8.43. The maximum atomic E-state index is 10.5. The summed E-state index contributed by atoms with van der Waals surface area (Å²) < 4.78 is 5.08. The molecule has 0 aliphatic carbocycles. The van der Waals surface area contributed by atoms with E-state index in [2.05, 4.69) is 0 Å². The van der Waals surface area contributed by atoms with Crippen molar-refractivity contribution in [3.05, 3.63) is 0 Å². The largest absolute Gasteiger partial charge is 0.479 e. The number of rotatable bonds is 1. The maximum Gasteiger partial charge on any atom is 0.334 e. The molecule has 4 nitrogen and oxygen atoms in total. The van der Waals surface area contributed by atoms with Crippen molar-refractivity contribution >= 4 is 5.97 Å². The number of carboxylic acid groups (broad SMARTS) is 1. The molecule has 11 heavy (non-hydrogen) atoms. The minimum absolute atomic E-state index is 0.325. The van der Waals surface area contributed by atoms with Crippen LogP contribution < -0.4 is 0 Å². The van der Waals surface area contributed by atoms with Gasteiger partial charge in [0.15, 0.2) is 6.10 Å². The third-order valence-corrected chi connectivity index (χ3v) is 2.02. The maximum absolute atomic E-state index is 10.5. The van der Waals surface area contributed by atoms with Crippen LogP contribution in [0.15, 0.2) is 0 Å². The van der Waals surface area contributed by atoms with Crippen LogP contribution >= 0.6 is 0 Å². The molecule has 64 valence electrons. The minimum Gasteiger partial charge on any atom is -0.479 e. The normalized spacial score (nSPS) is 33.6. The number of carboxylic acids is 1. The summed E-state index contributed by atoms with van der Waals surface area (Å²) in [6.07, 6.45) is -0.642. The minimum atomic E-state index is -0.872. The molecule has 0 unspecified atom stereocenters. The fourth-order valence-electron chi connectivity index (χ4n) is 1.03. The molecule has 0 saturated carbocycles. The molecule has 0 bridgehead atoms. The molecule has 1 fully saturated rings. The van der Waals surface area contributed by atoms with E-state index in [1.54, 1.807) is 0 Å². The summed E-state index contributed by atoms with van der Waals surface area (Å²) in [5.74, 6) is -0.872. The Kier molecular flexibility index (Phi) is 2.46. The number of morpholine rings is 1. The van der Waals surface area contributed by atoms with Crippen LogP contribution in [0, 0.1) is 0 Å². The van der Waals surface area contributed by atoms with E-state index >= 15 is 0 Å². The standard InChI is InChI=1S/C7H13NO3/c1-5-4-11-6(7(9)10)3-8(5)2/h5-6H,3-4H2,1-2H3,(H,9,10)/t5-,6-/m1/s1. The molecule has 1 aliphatic heterocycles. The van der Waals surface area contributed by atoms with E-state index in [1.165, 1.54) is 0 Å². The zero-order valence-corrected chi connectivity index (χ0v) is 6.78. The summed E-state index contributed by atoms with van der Waals surface area (Å²) in [5.41, 5.74) is 0. The second kappa shape index (κ2) is 3.19. The summed E-state index contributed by atoms with van der Waals surface area (Å²) in [6.45, 7) is 3.00. The van der Waals surface area contributed by atoms with Crippen molar-refractivity contribution in [2.45, 2.75) is 19.1 Å². The molecule has 1 N–H and O–H groups in total. The lowest BCUT2D eigenvalue weighted by Gasteiger charge is -2.33. The molecule has 0 spiro atoms. The highest BCUT2D eigenvalue weighted by molar-refractivity contribution is 5.72. The molecule has 4 heteroatoms. The van der Waals surface area contributed by atoms with Crippen LogP contribution in [0.3, 0.4) is 0 Å². The second-order valence-corrected chi connectivity index (χ2v) is 2.95. The van der Waals surface area contributed by atoms with E-state index in [0.29, 0.717) is 19.2 Å². The zero-order valence-electron chi connectivity index (χ0n) is 6.78. The summed E-state index contributed by atoms with van der Waals surface area (Å²) in [5, 5.41) is 8.59. The molecule has 2 atom stereocenters. The van der Waals surface area contributed by atoms with Crippen molar-refractivity contribution in [1.29, 1.82) is 0 Å². The Morgan fingerprint density at radius 3 is 2.82 bits per heavy atom. The van der Waals surface area contributed by atoms with Crippen molar-refractivity contribution in [2.75, 3.05) is 20.2 Å². The summed E-state index contributed by atoms with van der Waals surface area (Å²) in [7, 11) is 1.91. The lowest BCUT2D eigenvalue weighted by atomic mass is 10.2. The fraction of sp³-hybridized carbons (Fsp3) is 0.857. The molecule has 0 aromatic rings. The number of likely N-dealkylation sites (N-methyl/N-ethyl adjacent to an activating group) is 1. The van der Waals surface area contributed by atoms with Gasteiger partial charge in [0.2, 0.25) is 0 Å². The fourth-order valence-corrected chi connectivity index (χ4v) is 1.03. The first-order chi connectivity index (χ1) is 5.11. The van der Waals surface area contributed by atoms with Gasteiger partial charge in [0.05, 0.1) is 6.61 Å². The van der Waals surface area contributed by atoms with Crippen molar-refractivity contribution in [2.24, 2.45) is 0 Å². The second-order valence-electron chi connectivity index (χ2n) is 2.95. The number of carbonyl (C=O) groups is 1. The molecular weight excluding hydrogens is 146 g/mol. The van der Waals surface area contributed by atoms with Gasteiger partial charge in [0.25, 0.3) is 0 Å². The molecule has 0 aromatic heterocycles. The van der Waals surface area contributed by atoms with Gasteiger partial charge in [0.1, 0.15) is 0 Å². The highest BCUT2D eigenvalue weighted by Crippen LogP contribution is 2.08. The van der Waals surface area contributed by atoms with Crippen LogP contribution in [-0.4, -0.2) is 48.3 Å². The van der Waals surface area contributed by atoms with Gasteiger partial charge in [-0.15, -0.1) is 0 Å². The number of aliphatic carboxylic acids is 1. The third kappa shape index (κ3) is 1.91. The van der Waals surface area contributed by atoms with Crippen molar-refractivity contribution in [1.82, 2.24) is 4.90 Å². The molecular formula is C7H13NO3. The first-order valence-corrected chi connectivity index (χ1v) is 3.66. The average molecular weight is 159 g/mol. The van der Waals surface area contributed by atoms with Crippen LogP contribution in [0.25, 0.3) is 0 Å². The highest BCUT2D eigenvalue weighted by atomic mass is 16.5. The van der Waals surface area contributed by atoms with Gasteiger partial charge in [0, 0.05) is 12.6 Å². The Balaban J connectivity index is 2.46. The van der Waals surface area contributed by atoms with E-state index in [0.717, 1.165) is 0 Å². The summed E-state index contributed by atoms with van der Waals surface area (Å²) >= 11 is 0. The van der Waals surface area contributed by atoms with Gasteiger partial charge in [-0.2, -0.15) is 0 Å². The molecule has 1 aliphatic rings. The smallest absolute Gasteiger partial charge is 0.334 e. The molecule has 1 heterocycles. The van der Waals surface area contributed by atoms with E-state index < -0.39 is 12.1 Å². The number of ether oxygens (including phenoxy) is 1. The monoisotopic (exact) mass is 159 g/mol. The van der Waals surface area contributed by atoms with Crippen molar-refractivity contribution in [3.63, 3.8) is 0 Å². The van der Waals surface area contributed by atoms with Crippen LogP contribution in [0.1, 0.15) is 6.92 Å². The number of hydrogen-bond acceptors (Lipinski definition) is 3. The Labute approximate surface area is 65.8 Å². The van der Waals surface area contributed by atoms with Crippen LogP contribution in [0.2, 0.25) is 0 Å². The lowest BCUT2D eigenvalue weighted by Crippen LogP contribution is -2.48. The Bertz CT molecular complexity index is 160. The van der Waals surface area contributed by atoms with Crippen molar-refractivity contribution in [3.8, 4) is 0 Å². The van der Waals surface area contributed by atoms with Gasteiger partial charge in [-0.1, -0.05) is 0 Å². The molecule has 0 amide bonds. The molecule has 0 radical (unpaired) electrons. The van der Waals surface area contributed by atoms with Gasteiger partial charge >= 0.3 is 5.97 Å². The average Bonchev–Trinajstić information content (AvgIpc) is 1.94. The quantitative estimate of drug-likeness (QED) is 0.575. The van der Waals surface area contributed by atoms with E-state index in [4.69, 9.17) is 9.84 Å². The van der Waals surface area contributed by atoms with Gasteiger partial charge in [-0.05, 0) is 14.0 Å². The lowest BCUT2D eigenvalue weighted by molar-refractivity contribution is -0.157. The summed E-state index contributed by atoms with van der Waals surface area (Å²) in [6, 6.07) is 0.325. The number of nitrogens with zero attached hydrogens (tertiary/aromatic N) is 1. The van der Waals surface area contributed by atoms with Crippen LogP contribution in [-0.2, 0) is 9.53 Å². The molecule has 0 aromatic carbocycles. The van der Waals surface area contributed by atoms with E-state index in [-0.39, 0.29) is 0 Å². The SMILES string of the molecule is C[C@@H]1CO[C@@H](C(=O)O)CN1C.